The van der Waals surface area contributed by atoms with Crippen LogP contribution in [0.15, 0.2) is 4.52 Å². The lowest BCUT2D eigenvalue weighted by Gasteiger charge is -2.30. The zero-order chi connectivity index (χ0) is 13.5. The Morgan fingerprint density at radius 2 is 2.16 bits per heavy atom. The summed E-state index contributed by atoms with van der Waals surface area (Å²) in [5.74, 6) is 1.07. The highest BCUT2D eigenvalue weighted by Gasteiger charge is 2.35. The minimum Gasteiger partial charge on any atom is -0.375 e. The molecule has 3 heterocycles. The molecule has 2 N–H and O–H groups in total. The molecule has 1 fully saturated rings. The molecule has 0 bridgehead atoms. The molecular weight excluding hydrogens is 264 g/mol. The molecule has 0 amide bonds. The summed E-state index contributed by atoms with van der Waals surface area (Å²) in [6.07, 6.45) is 3.12. The molecule has 1 atom stereocenters. The number of nitrogens with two attached hydrogens (primary N) is 1. The molecule has 1 aliphatic rings. The van der Waals surface area contributed by atoms with Gasteiger partial charge < -0.3 is 15.0 Å². The fourth-order valence-corrected chi connectivity index (χ4v) is 3.01. The van der Waals surface area contributed by atoms with E-state index in [9.17, 15) is 0 Å². The van der Waals surface area contributed by atoms with Gasteiger partial charge in [0.05, 0.1) is 5.69 Å². The summed E-state index contributed by atoms with van der Waals surface area (Å²) in [7, 11) is 0. The Hall–Kier alpha value is -1.47. The largest absolute Gasteiger partial charge is 0.375 e. The van der Waals surface area contributed by atoms with Gasteiger partial charge in [-0.2, -0.15) is 4.98 Å². The summed E-state index contributed by atoms with van der Waals surface area (Å²) in [4.78, 5) is 9.46. The topological polar surface area (TPSA) is 87.1 Å². The van der Waals surface area contributed by atoms with Gasteiger partial charge in [-0.15, -0.1) is 0 Å². The number of thiazole rings is 1. The zero-order valence-electron chi connectivity index (χ0n) is 11.0. The van der Waals surface area contributed by atoms with Crippen LogP contribution in [0.1, 0.15) is 37.7 Å². The molecule has 2 aromatic heterocycles. The van der Waals surface area contributed by atoms with E-state index in [2.05, 4.69) is 15.1 Å². The van der Waals surface area contributed by atoms with Crippen LogP contribution >= 0.6 is 11.3 Å². The smallest absolute Gasteiger partial charge is 0.270 e. The van der Waals surface area contributed by atoms with Gasteiger partial charge in [0.2, 0.25) is 5.82 Å². The minimum atomic E-state index is -0.440. The van der Waals surface area contributed by atoms with E-state index >= 15 is 0 Å². The molecule has 0 aromatic carbocycles. The van der Waals surface area contributed by atoms with Crippen LogP contribution in [0.25, 0.3) is 10.8 Å². The highest BCUT2D eigenvalue weighted by Crippen LogP contribution is 2.35. The van der Waals surface area contributed by atoms with Gasteiger partial charge in [0.25, 0.3) is 5.89 Å². The first kappa shape index (κ1) is 12.6. The Kier molecular flexibility index (Phi) is 3.02. The van der Waals surface area contributed by atoms with Crippen LogP contribution in [0, 0.1) is 6.92 Å². The fourth-order valence-electron chi connectivity index (χ4n) is 2.26. The number of aromatic nitrogens is 3. The molecule has 0 spiro atoms. The number of rotatable bonds is 2. The Morgan fingerprint density at radius 1 is 1.32 bits per heavy atom. The fraction of sp³-hybridized carbons (Fsp3) is 0.583. The molecule has 1 unspecified atom stereocenters. The van der Waals surface area contributed by atoms with Crippen molar-refractivity contribution in [3.63, 3.8) is 0 Å². The van der Waals surface area contributed by atoms with Gasteiger partial charge in [0, 0.05) is 6.61 Å². The average molecular weight is 280 g/mol. The van der Waals surface area contributed by atoms with E-state index in [1.807, 2.05) is 13.8 Å². The third kappa shape index (κ3) is 2.23. The van der Waals surface area contributed by atoms with Gasteiger partial charge in [-0.1, -0.05) is 16.5 Å². The molecule has 19 heavy (non-hydrogen) atoms. The molecule has 0 aliphatic carbocycles. The van der Waals surface area contributed by atoms with Gasteiger partial charge in [0.15, 0.2) is 5.13 Å². The van der Waals surface area contributed by atoms with E-state index in [1.165, 1.54) is 11.3 Å². The maximum Gasteiger partial charge on any atom is 0.270 e. The van der Waals surface area contributed by atoms with Crippen molar-refractivity contribution in [1.82, 2.24) is 15.1 Å². The SMILES string of the molecule is Cc1nc(N)sc1-c1nc(C2(C)CCCCO2)no1. The molecule has 1 saturated heterocycles. The quantitative estimate of drug-likeness (QED) is 0.909. The van der Waals surface area contributed by atoms with Crippen LogP contribution in [-0.4, -0.2) is 21.7 Å². The lowest BCUT2D eigenvalue weighted by Crippen LogP contribution is -2.31. The zero-order valence-corrected chi connectivity index (χ0v) is 11.8. The number of ether oxygens (including phenoxy) is 1. The summed E-state index contributed by atoms with van der Waals surface area (Å²) < 4.78 is 11.2. The van der Waals surface area contributed by atoms with E-state index in [0.29, 0.717) is 16.8 Å². The van der Waals surface area contributed by atoms with Gasteiger partial charge in [-0.3, -0.25) is 0 Å². The number of anilines is 1. The summed E-state index contributed by atoms with van der Waals surface area (Å²) in [6, 6.07) is 0. The second-order valence-corrected chi connectivity index (χ2v) is 5.96. The van der Waals surface area contributed by atoms with E-state index < -0.39 is 5.60 Å². The molecule has 0 saturated carbocycles. The van der Waals surface area contributed by atoms with E-state index in [0.717, 1.165) is 36.4 Å². The van der Waals surface area contributed by atoms with Gasteiger partial charge in [-0.05, 0) is 33.1 Å². The van der Waals surface area contributed by atoms with E-state index in [-0.39, 0.29) is 0 Å². The third-order valence-electron chi connectivity index (χ3n) is 3.38. The van der Waals surface area contributed by atoms with Crippen molar-refractivity contribution in [2.45, 2.75) is 38.7 Å². The Balaban J connectivity index is 1.93. The van der Waals surface area contributed by atoms with Crippen LogP contribution in [-0.2, 0) is 10.3 Å². The standard InChI is InChI=1S/C12H16N4O2S/c1-7-8(19-11(13)14-7)9-15-10(16-18-9)12(2)5-3-4-6-17-12/h3-6H2,1-2H3,(H2,13,14). The Labute approximate surface area is 115 Å². The van der Waals surface area contributed by atoms with Crippen molar-refractivity contribution in [1.29, 1.82) is 0 Å². The van der Waals surface area contributed by atoms with Crippen molar-refractivity contribution >= 4 is 16.5 Å². The van der Waals surface area contributed by atoms with Crippen LogP contribution in [0.3, 0.4) is 0 Å². The predicted octanol–water partition coefficient (Wildman–Crippen LogP) is 2.50. The lowest BCUT2D eigenvalue weighted by atomic mass is 9.95. The third-order valence-corrected chi connectivity index (χ3v) is 4.35. The molecule has 1 aliphatic heterocycles. The van der Waals surface area contributed by atoms with Crippen molar-refractivity contribution in [2.24, 2.45) is 0 Å². The van der Waals surface area contributed by atoms with Crippen LogP contribution in [0.2, 0.25) is 0 Å². The number of nitrogens with zero attached hydrogens (tertiary/aromatic N) is 3. The molecule has 7 heteroatoms. The van der Waals surface area contributed by atoms with Crippen LogP contribution in [0.4, 0.5) is 5.13 Å². The maximum atomic E-state index is 5.81. The summed E-state index contributed by atoms with van der Waals surface area (Å²) in [6.45, 7) is 4.63. The van der Waals surface area contributed by atoms with E-state index in [1.54, 1.807) is 0 Å². The van der Waals surface area contributed by atoms with Crippen molar-refractivity contribution in [3.8, 4) is 10.8 Å². The first-order valence-corrected chi connectivity index (χ1v) is 7.11. The lowest BCUT2D eigenvalue weighted by molar-refractivity contribution is -0.0770. The Bertz CT molecular complexity index is 586. The predicted molar refractivity (Wildman–Crippen MR) is 71.7 cm³/mol. The summed E-state index contributed by atoms with van der Waals surface area (Å²) in [5, 5.41) is 4.57. The normalized spacial score (nSPS) is 23.7. The first-order valence-electron chi connectivity index (χ1n) is 6.30. The van der Waals surface area contributed by atoms with Gasteiger partial charge >= 0.3 is 0 Å². The first-order chi connectivity index (χ1) is 9.08. The Morgan fingerprint density at radius 3 is 2.79 bits per heavy atom. The molecule has 2 aromatic rings. The van der Waals surface area contributed by atoms with Crippen LogP contribution < -0.4 is 5.73 Å². The molecular formula is C12H16N4O2S. The van der Waals surface area contributed by atoms with Gasteiger partial charge in [-0.25, -0.2) is 4.98 Å². The van der Waals surface area contributed by atoms with Crippen molar-refractivity contribution < 1.29 is 9.26 Å². The van der Waals surface area contributed by atoms with Gasteiger partial charge in [0.1, 0.15) is 10.5 Å². The molecule has 102 valence electrons. The second kappa shape index (κ2) is 4.57. The number of aryl methyl sites for hydroxylation is 1. The highest BCUT2D eigenvalue weighted by molar-refractivity contribution is 7.18. The van der Waals surface area contributed by atoms with Crippen molar-refractivity contribution in [2.75, 3.05) is 12.3 Å². The number of hydrogen-bond acceptors (Lipinski definition) is 7. The average Bonchev–Trinajstić information content (AvgIpc) is 2.97. The van der Waals surface area contributed by atoms with E-state index in [4.69, 9.17) is 15.0 Å². The maximum absolute atomic E-state index is 5.81. The van der Waals surface area contributed by atoms with Crippen LogP contribution in [0.5, 0.6) is 0 Å². The minimum absolute atomic E-state index is 0.440. The number of hydrogen-bond donors (Lipinski definition) is 1. The molecule has 6 nitrogen and oxygen atoms in total. The monoisotopic (exact) mass is 280 g/mol. The summed E-state index contributed by atoms with van der Waals surface area (Å²) >= 11 is 1.36. The second-order valence-electron chi connectivity index (χ2n) is 4.93. The highest BCUT2D eigenvalue weighted by atomic mass is 32.1. The molecule has 3 rings (SSSR count). The number of nitrogen functional groups attached to an aromatic ring is 1. The van der Waals surface area contributed by atoms with Crippen molar-refractivity contribution in [3.05, 3.63) is 11.5 Å². The summed E-state index contributed by atoms with van der Waals surface area (Å²) in [5.41, 5.74) is 6.06. The molecule has 0 radical (unpaired) electrons.